The third kappa shape index (κ3) is 3.62. The Labute approximate surface area is 142 Å². The van der Waals surface area contributed by atoms with Crippen LogP contribution in [0.1, 0.15) is 10.4 Å². The minimum absolute atomic E-state index is 0.00390. The van der Waals surface area contributed by atoms with Crippen LogP contribution in [-0.2, 0) is 0 Å². The van der Waals surface area contributed by atoms with Crippen molar-refractivity contribution in [2.75, 3.05) is 25.5 Å². The van der Waals surface area contributed by atoms with Crippen molar-refractivity contribution in [2.45, 2.75) is 0 Å². The molecule has 0 aliphatic carbocycles. The number of amides is 1. The molecule has 0 aliphatic heterocycles. The fourth-order valence-electron chi connectivity index (χ4n) is 2.20. The Morgan fingerprint density at radius 1 is 1.25 bits per heavy atom. The summed E-state index contributed by atoms with van der Waals surface area (Å²) in [5.74, 6) is -0.686. The van der Waals surface area contributed by atoms with E-state index in [1.54, 1.807) is 17.4 Å². The van der Waals surface area contributed by atoms with Gasteiger partial charge in [0.2, 0.25) is 0 Å². The minimum Gasteiger partial charge on any atom is -0.497 e. The van der Waals surface area contributed by atoms with Crippen LogP contribution >= 0.6 is 11.3 Å². The molecule has 3 rings (SSSR count). The maximum Gasteiger partial charge on any atom is 0.254 e. The van der Waals surface area contributed by atoms with Crippen molar-refractivity contribution >= 4 is 32.6 Å². The van der Waals surface area contributed by atoms with Gasteiger partial charge in [0, 0.05) is 19.2 Å². The van der Waals surface area contributed by atoms with Crippen molar-refractivity contribution < 1.29 is 13.9 Å². The lowest BCUT2D eigenvalue weighted by atomic mass is 10.2. The van der Waals surface area contributed by atoms with Gasteiger partial charge in [-0.3, -0.25) is 4.79 Å². The summed E-state index contributed by atoms with van der Waals surface area (Å²) in [6, 6.07) is 12.0. The number of nitrogens with zero attached hydrogens (tertiary/aromatic N) is 1. The van der Waals surface area contributed by atoms with Crippen molar-refractivity contribution in [3.63, 3.8) is 0 Å². The molecule has 2 N–H and O–H groups in total. The van der Waals surface area contributed by atoms with Gasteiger partial charge in [-0.05, 0) is 24.3 Å². The van der Waals surface area contributed by atoms with Gasteiger partial charge < -0.3 is 15.4 Å². The number of fused-ring (bicyclic) bond motifs is 1. The molecule has 0 saturated carbocycles. The average Bonchev–Trinajstić information content (AvgIpc) is 3.01. The van der Waals surface area contributed by atoms with Gasteiger partial charge in [-0.1, -0.05) is 23.5 Å². The highest BCUT2D eigenvalue weighted by Crippen LogP contribution is 2.24. The van der Waals surface area contributed by atoms with E-state index in [4.69, 9.17) is 4.74 Å². The van der Waals surface area contributed by atoms with E-state index in [9.17, 15) is 9.18 Å². The second kappa shape index (κ2) is 7.27. The summed E-state index contributed by atoms with van der Waals surface area (Å²) in [6.07, 6.45) is 0. The van der Waals surface area contributed by atoms with E-state index < -0.39 is 11.7 Å². The van der Waals surface area contributed by atoms with E-state index in [0.29, 0.717) is 18.8 Å². The molecule has 0 radical (unpaired) electrons. The van der Waals surface area contributed by atoms with Crippen molar-refractivity contribution in [3.05, 3.63) is 53.8 Å². The maximum absolute atomic E-state index is 13.8. The molecule has 0 unspecified atom stereocenters. The molecule has 1 heterocycles. The van der Waals surface area contributed by atoms with Gasteiger partial charge >= 0.3 is 0 Å². The van der Waals surface area contributed by atoms with Gasteiger partial charge in [0.25, 0.3) is 5.91 Å². The lowest BCUT2D eigenvalue weighted by Crippen LogP contribution is -2.29. The number of methoxy groups -OCH3 is 1. The van der Waals surface area contributed by atoms with Crippen LogP contribution in [0.15, 0.2) is 42.5 Å². The zero-order chi connectivity index (χ0) is 16.9. The molecule has 2 aromatic carbocycles. The summed E-state index contributed by atoms with van der Waals surface area (Å²) < 4.78 is 19.8. The number of hydrogen-bond acceptors (Lipinski definition) is 5. The van der Waals surface area contributed by atoms with Gasteiger partial charge in [0.15, 0.2) is 5.13 Å². The summed E-state index contributed by atoms with van der Waals surface area (Å²) in [5.41, 5.74) is 0.935. The summed E-state index contributed by atoms with van der Waals surface area (Å²) >= 11 is 1.55. The zero-order valence-electron chi connectivity index (χ0n) is 13.0. The first-order chi connectivity index (χ1) is 11.7. The average molecular weight is 345 g/mol. The molecule has 1 aromatic heterocycles. The third-order valence-corrected chi connectivity index (χ3v) is 4.40. The van der Waals surface area contributed by atoms with Gasteiger partial charge in [-0.15, -0.1) is 0 Å². The van der Waals surface area contributed by atoms with Crippen LogP contribution in [-0.4, -0.2) is 31.1 Å². The molecule has 0 atom stereocenters. The summed E-state index contributed by atoms with van der Waals surface area (Å²) in [5, 5.41) is 6.62. The maximum atomic E-state index is 13.8. The number of benzene rings is 2. The highest BCUT2D eigenvalue weighted by atomic mass is 32.1. The second-order valence-electron chi connectivity index (χ2n) is 5.02. The number of carbonyl (C=O) groups is 1. The number of rotatable bonds is 6. The Bertz CT molecular complexity index is 833. The molecule has 1 amide bonds. The highest BCUT2D eigenvalue weighted by Gasteiger charge is 2.12. The first-order valence-corrected chi connectivity index (χ1v) is 8.20. The van der Waals surface area contributed by atoms with Crippen LogP contribution < -0.4 is 15.4 Å². The van der Waals surface area contributed by atoms with Crippen molar-refractivity contribution in [2.24, 2.45) is 0 Å². The smallest absolute Gasteiger partial charge is 0.254 e. The van der Waals surface area contributed by atoms with Crippen molar-refractivity contribution in [1.82, 2.24) is 10.3 Å². The van der Waals surface area contributed by atoms with Crippen molar-refractivity contribution in [3.8, 4) is 5.75 Å². The molecule has 3 aromatic rings. The van der Waals surface area contributed by atoms with Crippen LogP contribution in [0.4, 0.5) is 9.52 Å². The Morgan fingerprint density at radius 2 is 2.08 bits per heavy atom. The van der Waals surface area contributed by atoms with E-state index in [-0.39, 0.29) is 5.56 Å². The van der Waals surface area contributed by atoms with E-state index in [2.05, 4.69) is 15.6 Å². The topological polar surface area (TPSA) is 63.2 Å². The van der Waals surface area contributed by atoms with E-state index in [1.807, 2.05) is 24.3 Å². The summed E-state index contributed by atoms with van der Waals surface area (Å²) in [6.45, 7) is 0.865. The van der Waals surface area contributed by atoms with Gasteiger partial charge in [-0.2, -0.15) is 0 Å². The Balaban J connectivity index is 1.51. The lowest BCUT2D eigenvalue weighted by Gasteiger charge is -2.07. The monoisotopic (exact) mass is 345 g/mol. The van der Waals surface area contributed by atoms with Gasteiger partial charge in [-0.25, -0.2) is 9.37 Å². The second-order valence-corrected chi connectivity index (χ2v) is 6.05. The first kappa shape index (κ1) is 16.2. The fraction of sp³-hybridized carbons (Fsp3) is 0.176. The van der Waals surface area contributed by atoms with Crippen LogP contribution in [0.3, 0.4) is 0 Å². The molecule has 0 aliphatic rings. The highest BCUT2D eigenvalue weighted by molar-refractivity contribution is 7.22. The molecule has 0 bridgehead atoms. The molecule has 0 fully saturated rings. The van der Waals surface area contributed by atoms with Crippen LogP contribution in [0.2, 0.25) is 0 Å². The molecule has 0 saturated heterocycles. The lowest BCUT2D eigenvalue weighted by molar-refractivity contribution is 0.0951. The molecule has 124 valence electrons. The number of thiazole rings is 1. The minimum atomic E-state index is -0.606. The molecule has 0 spiro atoms. The summed E-state index contributed by atoms with van der Waals surface area (Å²) in [4.78, 5) is 16.4. The third-order valence-electron chi connectivity index (χ3n) is 3.40. The first-order valence-electron chi connectivity index (χ1n) is 7.38. The Hall–Kier alpha value is -2.67. The van der Waals surface area contributed by atoms with E-state index in [0.717, 1.165) is 15.3 Å². The van der Waals surface area contributed by atoms with Crippen LogP contribution in [0.25, 0.3) is 10.2 Å². The Kier molecular flexibility index (Phi) is 4.90. The predicted molar refractivity (Wildman–Crippen MR) is 93.4 cm³/mol. The van der Waals surface area contributed by atoms with Crippen LogP contribution in [0, 0.1) is 5.82 Å². The summed E-state index contributed by atoms with van der Waals surface area (Å²) in [7, 11) is 1.45. The van der Waals surface area contributed by atoms with E-state index >= 15 is 0 Å². The molecular formula is C17H16FN3O2S. The zero-order valence-corrected chi connectivity index (χ0v) is 13.8. The normalized spacial score (nSPS) is 10.6. The SMILES string of the molecule is COc1ccc(C(=O)NCCNc2nc3ccccc3s2)c(F)c1. The van der Waals surface area contributed by atoms with Gasteiger partial charge in [0.1, 0.15) is 11.6 Å². The number of hydrogen-bond donors (Lipinski definition) is 2. The quantitative estimate of drug-likeness (QED) is 0.673. The van der Waals surface area contributed by atoms with Crippen molar-refractivity contribution in [1.29, 1.82) is 0 Å². The molecule has 7 heteroatoms. The molecule has 24 heavy (non-hydrogen) atoms. The largest absolute Gasteiger partial charge is 0.497 e. The number of para-hydroxylation sites is 1. The molecular weight excluding hydrogens is 329 g/mol. The Morgan fingerprint density at radius 3 is 2.83 bits per heavy atom. The number of ether oxygens (including phenoxy) is 1. The number of carbonyl (C=O) groups excluding carboxylic acids is 1. The molecule has 5 nitrogen and oxygen atoms in total. The standard InChI is InChI=1S/C17H16FN3O2S/c1-23-11-6-7-12(13(18)10-11)16(22)19-8-9-20-17-21-14-4-2-3-5-15(14)24-17/h2-7,10H,8-9H2,1H3,(H,19,22)(H,20,21). The number of anilines is 1. The van der Waals surface area contributed by atoms with Gasteiger partial charge in [0.05, 0.1) is 22.9 Å². The number of aromatic nitrogens is 1. The number of nitrogens with one attached hydrogen (secondary N) is 2. The number of halogens is 1. The van der Waals surface area contributed by atoms with E-state index in [1.165, 1.54) is 19.2 Å². The predicted octanol–water partition coefficient (Wildman–Crippen LogP) is 3.29. The van der Waals surface area contributed by atoms with Crippen LogP contribution in [0.5, 0.6) is 5.75 Å². The fourth-order valence-corrected chi connectivity index (χ4v) is 3.09.